The minimum absolute atomic E-state index is 0.694. The summed E-state index contributed by atoms with van der Waals surface area (Å²) in [6.07, 6.45) is 13.1. The zero-order valence-corrected chi connectivity index (χ0v) is 13.7. The van der Waals surface area contributed by atoms with Gasteiger partial charge in [-0.2, -0.15) is 0 Å². The predicted octanol–water partition coefficient (Wildman–Crippen LogP) is 4.30. The summed E-state index contributed by atoms with van der Waals surface area (Å²) in [6, 6.07) is 0. The Morgan fingerprint density at radius 3 is 2.55 bits per heavy atom. The van der Waals surface area contributed by atoms with Crippen molar-refractivity contribution in [2.45, 2.75) is 77.0 Å². The fourth-order valence-corrected chi connectivity index (χ4v) is 3.96. The Kier molecular flexibility index (Phi) is 7.52. The molecule has 0 atom stereocenters. The summed E-state index contributed by atoms with van der Waals surface area (Å²) < 4.78 is 0. The third-order valence-corrected chi connectivity index (χ3v) is 5.25. The third-order valence-electron chi connectivity index (χ3n) is 4.11. The second kappa shape index (κ2) is 9.46. The zero-order valence-electron chi connectivity index (χ0n) is 12.9. The SMILES string of the molecule is CCCNCCCc1nnc(C2CCCCCCC2)s1. The fraction of sp³-hybridized carbons (Fsp3) is 0.875. The first-order valence-corrected chi connectivity index (χ1v) is 9.24. The molecule has 0 aliphatic heterocycles. The molecule has 1 aromatic rings. The molecule has 1 aromatic heterocycles. The van der Waals surface area contributed by atoms with Gasteiger partial charge in [0, 0.05) is 12.3 Å². The number of aromatic nitrogens is 2. The lowest BCUT2D eigenvalue weighted by Crippen LogP contribution is -2.16. The smallest absolute Gasteiger partial charge is 0.120 e. The van der Waals surface area contributed by atoms with Gasteiger partial charge in [0.25, 0.3) is 0 Å². The van der Waals surface area contributed by atoms with Crippen LogP contribution in [0.5, 0.6) is 0 Å². The minimum Gasteiger partial charge on any atom is -0.317 e. The Hall–Kier alpha value is -0.480. The maximum Gasteiger partial charge on any atom is 0.120 e. The van der Waals surface area contributed by atoms with Crippen LogP contribution >= 0.6 is 11.3 Å². The molecule has 1 N–H and O–H groups in total. The van der Waals surface area contributed by atoms with Gasteiger partial charge in [-0.25, -0.2) is 0 Å². The molecule has 0 unspecified atom stereocenters. The Labute approximate surface area is 127 Å². The third kappa shape index (κ3) is 5.49. The molecular weight excluding hydrogens is 266 g/mol. The first-order valence-electron chi connectivity index (χ1n) is 8.43. The van der Waals surface area contributed by atoms with Crippen molar-refractivity contribution in [3.63, 3.8) is 0 Å². The summed E-state index contributed by atoms with van der Waals surface area (Å²) in [4.78, 5) is 0. The van der Waals surface area contributed by atoms with Crippen molar-refractivity contribution in [1.82, 2.24) is 15.5 Å². The molecule has 0 aromatic carbocycles. The maximum atomic E-state index is 4.48. The highest BCUT2D eigenvalue weighted by atomic mass is 32.1. The minimum atomic E-state index is 0.694. The first-order chi connectivity index (χ1) is 9.90. The largest absolute Gasteiger partial charge is 0.317 e. The highest BCUT2D eigenvalue weighted by Crippen LogP contribution is 2.32. The van der Waals surface area contributed by atoms with E-state index in [1.807, 2.05) is 11.3 Å². The average Bonchev–Trinajstić information content (AvgIpc) is 2.87. The van der Waals surface area contributed by atoms with E-state index < -0.39 is 0 Å². The number of nitrogens with zero attached hydrogens (tertiary/aromatic N) is 2. The second-order valence-corrected chi connectivity index (χ2v) is 7.02. The second-order valence-electron chi connectivity index (χ2n) is 5.93. The van der Waals surface area contributed by atoms with Gasteiger partial charge in [-0.1, -0.05) is 39.0 Å². The lowest BCUT2D eigenvalue weighted by molar-refractivity contribution is 0.453. The van der Waals surface area contributed by atoms with Crippen molar-refractivity contribution in [3.8, 4) is 0 Å². The van der Waals surface area contributed by atoms with Gasteiger partial charge in [-0.15, -0.1) is 21.5 Å². The fourth-order valence-electron chi connectivity index (χ4n) is 2.90. The Balaban J connectivity index is 1.75. The average molecular weight is 295 g/mol. The van der Waals surface area contributed by atoms with Gasteiger partial charge < -0.3 is 5.32 Å². The molecule has 1 aliphatic carbocycles. The number of rotatable bonds is 7. The van der Waals surface area contributed by atoms with E-state index >= 15 is 0 Å². The molecule has 1 saturated carbocycles. The lowest BCUT2D eigenvalue weighted by Gasteiger charge is -2.16. The van der Waals surface area contributed by atoms with Crippen LogP contribution in [-0.4, -0.2) is 23.3 Å². The highest BCUT2D eigenvalue weighted by Gasteiger charge is 2.17. The summed E-state index contributed by atoms with van der Waals surface area (Å²) in [6.45, 7) is 4.44. The van der Waals surface area contributed by atoms with E-state index in [0.717, 1.165) is 19.5 Å². The molecule has 0 spiro atoms. The summed E-state index contributed by atoms with van der Waals surface area (Å²) in [5.74, 6) is 0.694. The number of nitrogens with one attached hydrogen (secondary N) is 1. The molecule has 114 valence electrons. The van der Waals surface area contributed by atoms with Crippen LogP contribution in [0.15, 0.2) is 0 Å². The summed E-state index contributed by atoms with van der Waals surface area (Å²) in [5.41, 5.74) is 0. The molecule has 20 heavy (non-hydrogen) atoms. The summed E-state index contributed by atoms with van der Waals surface area (Å²) in [7, 11) is 0. The molecule has 3 nitrogen and oxygen atoms in total. The lowest BCUT2D eigenvalue weighted by atomic mass is 9.92. The van der Waals surface area contributed by atoms with Gasteiger partial charge in [0.1, 0.15) is 10.0 Å². The van der Waals surface area contributed by atoms with Crippen LogP contribution in [0, 0.1) is 0 Å². The number of hydrogen-bond acceptors (Lipinski definition) is 4. The van der Waals surface area contributed by atoms with Crippen LogP contribution in [0.1, 0.15) is 80.6 Å². The van der Waals surface area contributed by atoms with Gasteiger partial charge in [0.15, 0.2) is 0 Å². The van der Waals surface area contributed by atoms with Crippen LogP contribution in [0.3, 0.4) is 0 Å². The van der Waals surface area contributed by atoms with E-state index in [1.54, 1.807) is 0 Å². The molecule has 0 saturated heterocycles. The van der Waals surface area contributed by atoms with E-state index in [9.17, 15) is 0 Å². The van der Waals surface area contributed by atoms with Crippen molar-refractivity contribution < 1.29 is 0 Å². The van der Waals surface area contributed by atoms with E-state index in [-0.39, 0.29) is 0 Å². The summed E-state index contributed by atoms with van der Waals surface area (Å²) >= 11 is 1.87. The molecule has 0 radical (unpaired) electrons. The number of aryl methyl sites for hydroxylation is 1. The molecule has 4 heteroatoms. The number of hydrogen-bond donors (Lipinski definition) is 1. The monoisotopic (exact) mass is 295 g/mol. The molecular formula is C16H29N3S. The van der Waals surface area contributed by atoms with Crippen molar-refractivity contribution in [2.75, 3.05) is 13.1 Å². The Bertz CT molecular complexity index is 356. The molecule has 2 rings (SSSR count). The normalized spacial score (nSPS) is 17.9. The Morgan fingerprint density at radius 1 is 1.05 bits per heavy atom. The van der Waals surface area contributed by atoms with E-state index in [4.69, 9.17) is 0 Å². The quantitative estimate of drug-likeness (QED) is 0.762. The van der Waals surface area contributed by atoms with Crippen molar-refractivity contribution in [1.29, 1.82) is 0 Å². The molecule has 1 fully saturated rings. The predicted molar refractivity (Wildman–Crippen MR) is 86.5 cm³/mol. The van der Waals surface area contributed by atoms with Gasteiger partial charge >= 0.3 is 0 Å². The van der Waals surface area contributed by atoms with Gasteiger partial charge in [0.2, 0.25) is 0 Å². The van der Waals surface area contributed by atoms with Crippen molar-refractivity contribution in [3.05, 3.63) is 10.0 Å². The first kappa shape index (κ1) is 15.9. The van der Waals surface area contributed by atoms with Crippen LogP contribution in [0.4, 0.5) is 0 Å². The van der Waals surface area contributed by atoms with Gasteiger partial charge in [-0.3, -0.25) is 0 Å². The Morgan fingerprint density at radius 2 is 1.80 bits per heavy atom. The van der Waals surface area contributed by atoms with Gasteiger partial charge in [0.05, 0.1) is 0 Å². The van der Waals surface area contributed by atoms with E-state index in [1.165, 1.54) is 67.8 Å². The zero-order chi connectivity index (χ0) is 14.0. The highest BCUT2D eigenvalue weighted by molar-refractivity contribution is 7.11. The molecule has 0 bridgehead atoms. The molecule has 1 heterocycles. The van der Waals surface area contributed by atoms with Crippen molar-refractivity contribution in [2.24, 2.45) is 0 Å². The topological polar surface area (TPSA) is 37.8 Å². The molecule has 0 amide bonds. The standard InChI is InChI=1S/C16H29N3S/c1-2-12-17-13-8-11-15-18-19-16(20-15)14-9-6-4-3-5-7-10-14/h14,17H,2-13H2,1H3. The maximum absolute atomic E-state index is 4.48. The van der Waals surface area contributed by atoms with Crippen LogP contribution in [-0.2, 0) is 6.42 Å². The van der Waals surface area contributed by atoms with E-state index in [2.05, 4.69) is 22.4 Å². The van der Waals surface area contributed by atoms with Gasteiger partial charge in [-0.05, 0) is 38.8 Å². The summed E-state index contributed by atoms with van der Waals surface area (Å²) in [5, 5.41) is 14.9. The van der Waals surface area contributed by atoms with Crippen LogP contribution in [0.25, 0.3) is 0 Å². The molecule has 1 aliphatic rings. The van der Waals surface area contributed by atoms with Crippen LogP contribution in [0.2, 0.25) is 0 Å². The van der Waals surface area contributed by atoms with Crippen LogP contribution < -0.4 is 5.32 Å². The van der Waals surface area contributed by atoms with E-state index in [0.29, 0.717) is 5.92 Å². The van der Waals surface area contributed by atoms with Crippen molar-refractivity contribution >= 4 is 11.3 Å².